The van der Waals surface area contributed by atoms with Crippen LogP contribution in [0.15, 0.2) is 53.1 Å². The van der Waals surface area contributed by atoms with Crippen molar-refractivity contribution >= 4 is 27.5 Å². The van der Waals surface area contributed by atoms with E-state index < -0.39 is 34.1 Å². The van der Waals surface area contributed by atoms with Crippen molar-refractivity contribution in [3.8, 4) is 11.5 Å². The average Bonchev–Trinajstić information content (AvgIpc) is 3.29. The number of hydrogen-bond donors (Lipinski definition) is 0. The van der Waals surface area contributed by atoms with Gasteiger partial charge in [0.15, 0.2) is 0 Å². The number of rotatable bonds is 7. The van der Waals surface area contributed by atoms with Crippen molar-refractivity contribution in [2.45, 2.75) is 31.1 Å². The first kappa shape index (κ1) is 21.7. The largest absolute Gasteiger partial charge is 0.415 e. The van der Waals surface area contributed by atoms with Crippen LogP contribution in [0.5, 0.6) is 0 Å². The monoisotopic (exact) mass is 466 g/mol. The van der Waals surface area contributed by atoms with Gasteiger partial charge in [0.25, 0.3) is 5.89 Å². The van der Waals surface area contributed by atoms with Crippen LogP contribution in [-0.4, -0.2) is 40.4 Å². The van der Waals surface area contributed by atoms with Gasteiger partial charge in [-0.3, -0.25) is 13.5 Å². The van der Waals surface area contributed by atoms with Gasteiger partial charge in [0.05, 0.1) is 23.1 Å². The van der Waals surface area contributed by atoms with Crippen LogP contribution in [0.2, 0.25) is 0 Å². The third kappa shape index (κ3) is 5.21. The smallest absolute Gasteiger partial charge is 0.314 e. The van der Waals surface area contributed by atoms with Crippen LogP contribution < -0.4 is 4.31 Å². The molecule has 11 heteroatoms. The lowest BCUT2D eigenvalue weighted by Gasteiger charge is -2.29. The van der Waals surface area contributed by atoms with Crippen molar-refractivity contribution in [1.82, 2.24) is 15.2 Å². The van der Waals surface area contributed by atoms with Gasteiger partial charge in [0, 0.05) is 34.2 Å². The molecule has 1 aromatic carbocycles. The summed E-state index contributed by atoms with van der Waals surface area (Å²) in [4.78, 5) is 4.37. The summed E-state index contributed by atoms with van der Waals surface area (Å²) in [5.41, 5.74) is 1.87. The van der Waals surface area contributed by atoms with E-state index in [-0.39, 0.29) is 11.1 Å². The van der Waals surface area contributed by atoms with E-state index in [1.165, 1.54) is 6.20 Å². The maximum atomic E-state index is 13.4. The Hall–Kier alpha value is -2.53. The molecule has 1 fully saturated rings. The molecule has 0 bridgehead atoms. The molecule has 1 unspecified atom stereocenters. The number of pyridine rings is 1. The molecule has 164 valence electrons. The first-order valence-corrected chi connectivity index (χ1v) is 12.3. The zero-order valence-electron chi connectivity index (χ0n) is 16.4. The molecule has 1 saturated heterocycles. The number of benzene rings is 1. The topological polar surface area (TPSA) is 89.2 Å². The fourth-order valence-corrected chi connectivity index (χ4v) is 6.42. The van der Waals surface area contributed by atoms with Crippen LogP contribution in [0.3, 0.4) is 0 Å². The normalized spacial score (nSPS) is 20.0. The maximum absolute atomic E-state index is 13.4. The standard InChI is InChI=1S/C20H20F2N4O3S2/c21-18(22)20-25-24-19(29-20)14-6-7-15(23-12-14)13-26(16-4-2-1-3-5-16)31(28)17-8-10-30(27)11-9-17/h1-7,12,17-18H,8-11,13H2. The zero-order chi connectivity index (χ0) is 21.8. The van der Waals surface area contributed by atoms with E-state index in [2.05, 4.69) is 15.2 Å². The number of halogens is 2. The molecule has 1 atom stereocenters. The van der Waals surface area contributed by atoms with Gasteiger partial charge in [-0.15, -0.1) is 10.2 Å². The van der Waals surface area contributed by atoms with E-state index in [0.717, 1.165) is 5.69 Å². The van der Waals surface area contributed by atoms with Crippen LogP contribution in [0.25, 0.3) is 11.5 Å². The molecule has 0 N–H and O–H groups in total. The highest BCUT2D eigenvalue weighted by Crippen LogP contribution is 2.26. The lowest BCUT2D eigenvalue weighted by Crippen LogP contribution is -2.37. The van der Waals surface area contributed by atoms with Gasteiger partial charge in [-0.05, 0) is 37.1 Å². The molecule has 3 aromatic rings. The van der Waals surface area contributed by atoms with Crippen molar-refractivity contribution in [2.75, 3.05) is 15.8 Å². The Morgan fingerprint density at radius 3 is 2.48 bits per heavy atom. The molecule has 31 heavy (non-hydrogen) atoms. The maximum Gasteiger partial charge on any atom is 0.314 e. The fourth-order valence-electron chi connectivity index (χ4n) is 3.24. The quantitative estimate of drug-likeness (QED) is 0.528. The van der Waals surface area contributed by atoms with Crippen molar-refractivity contribution in [3.05, 3.63) is 60.2 Å². The van der Waals surface area contributed by atoms with Crippen LogP contribution >= 0.6 is 0 Å². The summed E-state index contributed by atoms with van der Waals surface area (Å²) in [5.74, 6) is 0.360. The summed E-state index contributed by atoms with van der Waals surface area (Å²) in [6.07, 6.45) is -0.0643. The second-order valence-corrected chi connectivity index (χ2v) is 10.3. The van der Waals surface area contributed by atoms with Gasteiger partial charge in [0.1, 0.15) is 11.0 Å². The third-order valence-corrected chi connectivity index (χ3v) is 8.08. The summed E-state index contributed by atoms with van der Waals surface area (Å²) in [6.45, 7) is 0.294. The van der Waals surface area contributed by atoms with Crippen LogP contribution in [0, 0.1) is 0 Å². The molecule has 0 amide bonds. The predicted molar refractivity (Wildman–Crippen MR) is 114 cm³/mol. The molecule has 7 nitrogen and oxygen atoms in total. The van der Waals surface area contributed by atoms with Gasteiger partial charge in [0.2, 0.25) is 5.89 Å². The molecule has 0 saturated carbocycles. The number of para-hydroxylation sites is 1. The van der Waals surface area contributed by atoms with Crippen molar-refractivity contribution in [3.63, 3.8) is 0 Å². The van der Waals surface area contributed by atoms with E-state index in [1.807, 2.05) is 30.3 Å². The highest BCUT2D eigenvalue weighted by atomic mass is 32.2. The minimum Gasteiger partial charge on any atom is -0.415 e. The summed E-state index contributed by atoms with van der Waals surface area (Å²) < 4.78 is 57.1. The van der Waals surface area contributed by atoms with Crippen LogP contribution in [0.4, 0.5) is 14.5 Å². The van der Waals surface area contributed by atoms with E-state index in [0.29, 0.717) is 42.1 Å². The SMILES string of the molecule is O=S1CCC(S(=O)N(Cc2ccc(-c3nnc(C(F)F)o3)cn2)c2ccccc2)CC1. The fraction of sp³-hybridized carbons (Fsp3) is 0.350. The highest BCUT2D eigenvalue weighted by Gasteiger charge is 2.28. The van der Waals surface area contributed by atoms with Crippen molar-refractivity contribution in [2.24, 2.45) is 0 Å². The second kappa shape index (κ2) is 9.73. The molecule has 1 aliphatic heterocycles. The lowest BCUT2D eigenvalue weighted by molar-refractivity contribution is 0.116. The van der Waals surface area contributed by atoms with Gasteiger partial charge < -0.3 is 4.42 Å². The first-order chi connectivity index (χ1) is 15.0. The van der Waals surface area contributed by atoms with E-state index in [4.69, 9.17) is 4.42 Å². The van der Waals surface area contributed by atoms with Gasteiger partial charge >= 0.3 is 6.43 Å². The highest BCUT2D eigenvalue weighted by molar-refractivity contribution is 7.88. The summed E-state index contributed by atoms with van der Waals surface area (Å²) in [5, 5.41) is 6.87. The van der Waals surface area contributed by atoms with E-state index in [9.17, 15) is 17.2 Å². The third-order valence-electron chi connectivity index (χ3n) is 4.89. The van der Waals surface area contributed by atoms with E-state index >= 15 is 0 Å². The van der Waals surface area contributed by atoms with Gasteiger partial charge in [-0.25, -0.2) is 4.21 Å². The van der Waals surface area contributed by atoms with Gasteiger partial charge in [-0.2, -0.15) is 8.78 Å². The number of hydrogen-bond acceptors (Lipinski definition) is 6. The predicted octanol–water partition coefficient (Wildman–Crippen LogP) is 3.65. The summed E-state index contributed by atoms with van der Waals surface area (Å²) >= 11 is 0. The zero-order valence-corrected chi connectivity index (χ0v) is 18.0. The summed E-state index contributed by atoms with van der Waals surface area (Å²) in [6, 6.07) is 12.8. The molecule has 3 heterocycles. The molecule has 4 rings (SSSR count). The molecule has 0 spiro atoms. The number of aromatic nitrogens is 3. The molecule has 0 radical (unpaired) electrons. The number of nitrogens with zero attached hydrogens (tertiary/aromatic N) is 4. The Bertz CT molecular complexity index is 1050. The van der Waals surface area contributed by atoms with E-state index in [1.54, 1.807) is 16.4 Å². The molecule has 1 aliphatic rings. The number of alkyl halides is 2. The van der Waals surface area contributed by atoms with Crippen molar-refractivity contribution in [1.29, 1.82) is 0 Å². The Morgan fingerprint density at radius 2 is 1.87 bits per heavy atom. The Kier molecular flexibility index (Phi) is 6.81. The average molecular weight is 467 g/mol. The lowest BCUT2D eigenvalue weighted by atomic mass is 10.2. The molecule has 0 aliphatic carbocycles. The van der Waals surface area contributed by atoms with Crippen molar-refractivity contribution < 1.29 is 21.6 Å². The minimum atomic E-state index is -2.83. The minimum absolute atomic E-state index is 0.0342. The molecular formula is C20H20F2N4O3S2. The first-order valence-electron chi connectivity index (χ1n) is 9.66. The number of anilines is 1. The molecule has 2 aromatic heterocycles. The van der Waals surface area contributed by atoms with Crippen LogP contribution in [0.1, 0.15) is 30.9 Å². The Balaban J connectivity index is 1.54. The Morgan fingerprint density at radius 1 is 1.13 bits per heavy atom. The second-order valence-electron chi connectivity index (χ2n) is 6.98. The summed E-state index contributed by atoms with van der Waals surface area (Å²) in [7, 11) is -2.15. The molecular weight excluding hydrogens is 446 g/mol. The Labute approximate surface area is 182 Å². The van der Waals surface area contributed by atoms with Gasteiger partial charge in [-0.1, -0.05) is 18.2 Å². The van der Waals surface area contributed by atoms with Crippen LogP contribution in [-0.2, 0) is 28.3 Å².